The summed E-state index contributed by atoms with van der Waals surface area (Å²) in [6.07, 6.45) is 0.310. The van der Waals surface area contributed by atoms with E-state index >= 15 is 0 Å². The first-order valence-corrected chi connectivity index (χ1v) is 8.12. The van der Waals surface area contributed by atoms with Crippen LogP contribution in [0.25, 0.3) is 11.4 Å². The second kappa shape index (κ2) is 8.44. The predicted molar refractivity (Wildman–Crippen MR) is 92.3 cm³/mol. The van der Waals surface area contributed by atoms with Crippen LogP contribution in [0.15, 0.2) is 24.3 Å². The third-order valence-electron chi connectivity index (χ3n) is 3.59. The van der Waals surface area contributed by atoms with Crippen molar-refractivity contribution < 1.29 is 9.90 Å². The maximum atomic E-state index is 11.9. The van der Waals surface area contributed by atoms with Crippen LogP contribution in [-0.2, 0) is 6.54 Å². The van der Waals surface area contributed by atoms with Gasteiger partial charge in [0.15, 0.2) is 5.82 Å². The van der Waals surface area contributed by atoms with Gasteiger partial charge in [-0.2, -0.15) is 5.10 Å². The average Bonchev–Trinajstić information content (AvgIpc) is 2.97. The fraction of sp³-hybridized carbons (Fsp3) is 0.471. The highest BCUT2D eigenvalue weighted by Gasteiger charge is 2.09. The average molecular weight is 331 g/mol. The number of aromatic amines is 1. The fourth-order valence-electron chi connectivity index (χ4n) is 2.47. The molecule has 2 rings (SSSR count). The molecule has 0 bridgehead atoms. The molecule has 4 N–H and O–H groups in total. The van der Waals surface area contributed by atoms with E-state index in [0.29, 0.717) is 25.3 Å². The van der Waals surface area contributed by atoms with Gasteiger partial charge in [-0.3, -0.25) is 5.10 Å². The number of aliphatic hydroxyl groups is 1. The van der Waals surface area contributed by atoms with E-state index in [9.17, 15) is 9.90 Å². The van der Waals surface area contributed by atoms with Crippen molar-refractivity contribution >= 4 is 6.03 Å². The summed E-state index contributed by atoms with van der Waals surface area (Å²) in [6.45, 7) is 6.56. The lowest BCUT2D eigenvalue weighted by Gasteiger charge is -2.14. The summed E-state index contributed by atoms with van der Waals surface area (Å²) in [7, 11) is 0. The lowest BCUT2D eigenvalue weighted by molar-refractivity contribution is 0.163. The number of aliphatic hydroxyl groups excluding tert-OH is 1. The van der Waals surface area contributed by atoms with Crippen LogP contribution in [0.3, 0.4) is 0 Å². The Morgan fingerprint density at radius 1 is 1.33 bits per heavy atom. The lowest BCUT2D eigenvalue weighted by atomic mass is 10.1. The summed E-state index contributed by atoms with van der Waals surface area (Å²) in [5.41, 5.74) is 1.88. The molecule has 1 heterocycles. The number of nitrogens with one attached hydrogen (secondary N) is 3. The molecule has 0 spiro atoms. The first kappa shape index (κ1) is 17.9. The summed E-state index contributed by atoms with van der Waals surface area (Å²) in [5.74, 6) is 1.64. The van der Waals surface area contributed by atoms with Crippen LogP contribution in [-0.4, -0.2) is 39.0 Å². The zero-order valence-corrected chi connectivity index (χ0v) is 14.3. The number of urea groups is 1. The largest absolute Gasteiger partial charge is 0.393 e. The van der Waals surface area contributed by atoms with Crippen LogP contribution < -0.4 is 10.6 Å². The number of benzene rings is 1. The van der Waals surface area contributed by atoms with E-state index in [1.54, 1.807) is 6.92 Å². The van der Waals surface area contributed by atoms with Crippen LogP contribution in [0, 0.1) is 12.8 Å². The fourth-order valence-corrected chi connectivity index (χ4v) is 2.47. The maximum absolute atomic E-state index is 11.9. The number of carbonyl (C=O) groups excluding carboxylic acids is 1. The molecule has 1 aromatic heterocycles. The van der Waals surface area contributed by atoms with Crippen molar-refractivity contribution in [1.29, 1.82) is 0 Å². The third kappa shape index (κ3) is 5.66. The molecule has 0 aliphatic rings. The van der Waals surface area contributed by atoms with E-state index in [1.165, 1.54) is 0 Å². The number of aryl methyl sites for hydroxylation is 1. The second-order valence-electron chi connectivity index (χ2n) is 6.20. The number of carbonyl (C=O) groups is 1. The highest BCUT2D eigenvalue weighted by molar-refractivity contribution is 5.73. The number of rotatable bonds is 7. The standard InChI is InChI=1S/C17H25N5O2/c1-11(7-12(2)23)9-18-17(24)19-10-14-5-4-6-15(8-14)16-20-13(3)21-22-16/h4-6,8,11-12,23H,7,9-10H2,1-3H3,(H2,18,19,24)(H,20,21,22). The summed E-state index contributed by atoms with van der Waals surface area (Å²) in [6, 6.07) is 7.54. The Morgan fingerprint density at radius 2 is 2.12 bits per heavy atom. The molecule has 7 nitrogen and oxygen atoms in total. The predicted octanol–water partition coefficient (Wildman–Crippen LogP) is 1.99. The Bertz CT molecular complexity index is 669. The maximum Gasteiger partial charge on any atom is 0.315 e. The van der Waals surface area contributed by atoms with Gasteiger partial charge in [0.05, 0.1) is 6.10 Å². The number of H-pyrrole nitrogens is 1. The van der Waals surface area contributed by atoms with E-state index < -0.39 is 0 Å². The van der Waals surface area contributed by atoms with Crippen LogP contribution in [0.5, 0.6) is 0 Å². The zero-order chi connectivity index (χ0) is 17.5. The molecule has 7 heteroatoms. The van der Waals surface area contributed by atoms with Crippen LogP contribution in [0.2, 0.25) is 0 Å². The number of hydrogen-bond donors (Lipinski definition) is 4. The van der Waals surface area contributed by atoms with Crippen molar-refractivity contribution in [2.45, 2.75) is 39.8 Å². The van der Waals surface area contributed by atoms with E-state index in [2.05, 4.69) is 25.8 Å². The molecular weight excluding hydrogens is 306 g/mol. The highest BCUT2D eigenvalue weighted by atomic mass is 16.3. The number of amides is 2. The molecule has 0 fully saturated rings. The SMILES string of the molecule is Cc1nc(-c2cccc(CNC(=O)NCC(C)CC(C)O)c2)n[nH]1. The molecule has 130 valence electrons. The van der Waals surface area contributed by atoms with Gasteiger partial charge in [-0.05, 0) is 37.8 Å². The third-order valence-corrected chi connectivity index (χ3v) is 3.59. The van der Waals surface area contributed by atoms with Crippen molar-refractivity contribution in [3.63, 3.8) is 0 Å². The van der Waals surface area contributed by atoms with Crippen molar-refractivity contribution in [3.05, 3.63) is 35.7 Å². The number of aromatic nitrogens is 3. The van der Waals surface area contributed by atoms with Gasteiger partial charge in [-0.25, -0.2) is 9.78 Å². The summed E-state index contributed by atoms with van der Waals surface area (Å²) < 4.78 is 0. The normalized spacial score (nSPS) is 13.3. The summed E-state index contributed by atoms with van der Waals surface area (Å²) >= 11 is 0. The van der Waals surface area contributed by atoms with E-state index in [-0.39, 0.29) is 18.1 Å². The van der Waals surface area contributed by atoms with Crippen molar-refractivity contribution in [2.24, 2.45) is 5.92 Å². The molecular formula is C17H25N5O2. The monoisotopic (exact) mass is 331 g/mol. The minimum Gasteiger partial charge on any atom is -0.393 e. The molecule has 0 saturated carbocycles. The minimum atomic E-state index is -0.355. The molecule has 0 saturated heterocycles. The van der Waals surface area contributed by atoms with Crippen molar-refractivity contribution in [1.82, 2.24) is 25.8 Å². The number of hydrogen-bond acceptors (Lipinski definition) is 4. The molecule has 2 aromatic rings. The Labute approximate surface area is 141 Å². The van der Waals surface area contributed by atoms with Gasteiger partial charge in [-0.1, -0.05) is 25.1 Å². The molecule has 2 unspecified atom stereocenters. The van der Waals surface area contributed by atoms with Crippen molar-refractivity contribution in [2.75, 3.05) is 6.54 Å². The molecule has 0 aliphatic carbocycles. The Morgan fingerprint density at radius 3 is 2.79 bits per heavy atom. The smallest absolute Gasteiger partial charge is 0.315 e. The lowest BCUT2D eigenvalue weighted by Crippen LogP contribution is -2.37. The summed E-state index contributed by atoms with van der Waals surface area (Å²) in [5, 5.41) is 21.9. The Kier molecular flexibility index (Phi) is 6.31. The Hall–Kier alpha value is -2.41. The molecule has 0 aliphatic heterocycles. The second-order valence-corrected chi connectivity index (χ2v) is 6.20. The first-order chi connectivity index (χ1) is 11.4. The van der Waals surface area contributed by atoms with Crippen LogP contribution in [0.4, 0.5) is 4.79 Å². The zero-order valence-electron chi connectivity index (χ0n) is 14.3. The summed E-state index contributed by atoms with van der Waals surface area (Å²) in [4.78, 5) is 16.2. The topological polar surface area (TPSA) is 103 Å². The molecule has 24 heavy (non-hydrogen) atoms. The van der Waals surface area contributed by atoms with Gasteiger partial charge in [-0.15, -0.1) is 0 Å². The number of nitrogens with zero attached hydrogens (tertiary/aromatic N) is 2. The van der Waals surface area contributed by atoms with Gasteiger partial charge in [0.25, 0.3) is 0 Å². The van der Waals surface area contributed by atoms with Gasteiger partial charge < -0.3 is 15.7 Å². The van der Waals surface area contributed by atoms with E-state index in [4.69, 9.17) is 0 Å². The van der Waals surface area contributed by atoms with Gasteiger partial charge in [0.2, 0.25) is 0 Å². The highest BCUT2D eigenvalue weighted by Crippen LogP contribution is 2.16. The van der Waals surface area contributed by atoms with Crippen molar-refractivity contribution in [3.8, 4) is 11.4 Å². The quantitative estimate of drug-likeness (QED) is 0.623. The Balaban J connectivity index is 1.83. The molecule has 2 atom stereocenters. The molecule has 0 radical (unpaired) electrons. The van der Waals surface area contributed by atoms with Crippen LogP contribution >= 0.6 is 0 Å². The van der Waals surface area contributed by atoms with Gasteiger partial charge >= 0.3 is 6.03 Å². The molecule has 1 aromatic carbocycles. The van der Waals surface area contributed by atoms with Gasteiger partial charge in [0, 0.05) is 18.7 Å². The first-order valence-electron chi connectivity index (χ1n) is 8.12. The van der Waals surface area contributed by atoms with E-state index in [1.807, 2.05) is 38.1 Å². The minimum absolute atomic E-state index is 0.216. The molecule has 2 amide bonds. The van der Waals surface area contributed by atoms with Crippen LogP contribution in [0.1, 0.15) is 31.7 Å². The van der Waals surface area contributed by atoms with E-state index in [0.717, 1.165) is 17.0 Å². The van der Waals surface area contributed by atoms with Gasteiger partial charge in [0.1, 0.15) is 5.82 Å².